The van der Waals surface area contributed by atoms with Crippen LogP contribution in [-0.2, 0) is 0 Å². The van der Waals surface area contributed by atoms with E-state index in [-0.39, 0.29) is 0 Å². The number of benzene rings is 7. The van der Waals surface area contributed by atoms with Gasteiger partial charge in [-0.15, -0.1) is 21.5 Å². The van der Waals surface area contributed by atoms with Crippen LogP contribution in [0.3, 0.4) is 0 Å². The summed E-state index contributed by atoms with van der Waals surface area (Å²) in [6, 6.07) is 64.4. The van der Waals surface area contributed by atoms with E-state index in [0.717, 1.165) is 34.2 Å². The van der Waals surface area contributed by atoms with Crippen molar-refractivity contribution in [2.75, 3.05) is 0 Å². The van der Waals surface area contributed by atoms with E-state index in [0.29, 0.717) is 0 Å². The van der Waals surface area contributed by atoms with Crippen LogP contribution in [0.4, 0.5) is 0 Å². The van der Waals surface area contributed by atoms with Crippen LogP contribution in [0.5, 0.6) is 0 Å². The summed E-state index contributed by atoms with van der Waals surface area (Å²) in [6.07, 6.45) is 0. The Morgan fingerprint density at radius 3 is 1.55 bits per heavy atom. The minimum atomic E-state index is 0.802. The van der Waals surface area contributed by atoms with Gasteiger partial charge in [-0.25, -0.2) is 0 Å². The molecule has 10 aromatic rings. The third-order valence-electron chi connectivity index (χ3n) is 9.66. The van der Waals surface area contributed by atoms with E-state index in [4.69, 9.17) is 10.2 Å². The first-order chi connectivity index (χ1) is 25.3. The minimum Gasteiger partial charge on any atom is -0.309 e. The molecule has 0 amide bonds. The van der Waals surface area contributed by atoms with Crippen LogP contribution < -0.4 is 0 Å². The van der Waals surface area contributed by atoms with E-state index in [1.165, 1.54) is 53.5 Å². The SMILES string of the molecule is c1ccc(-c2sc3c(ccc4c3c3ccccc3n4-c3cccc(-n4c(-c5ccccc5)nnc4-c4ccccc4)c3)c2-c2ccccc2)cc1. The van der Waals surface area contributed by atoms with E-state index < -0.39 is 0 Å². The fraction of sp³-hybridized carbons (Fsp3) is 0. The maximum absolute atomic E-state index is 4.73. The van der Waals surface area contributed by atoms with Crippen molar-refractivity contribution in [3.63, 3.8) is 0 Å². The lowest BCUT2D eigenvalue weighted by Gasteiger charge is -2.14. The van der Waals surface area contributed by atoms with Gasteiger partial charge in [-0.05, 0) is 41.5 Å². The zero-order chi connectivity index (χ0) is 33.7. The molecule has 51 heavy (non-hydrogen) atoms. The van der Waals surface area contributed by atoms with Crippen molar-refractivity contribution >= 4 is 43.2 Å². The molecule has 4 nitrogen and oxygen atoms in total. The van der Waals surface area contributed by atoms with Gasteiger partial charge in [-0.2, -0.15) is 0 Å². The second kappa shape index (κ2) is 12.1. The normalized spacial score (nSPS) is 11.5. The first kappa shape index (κ1) is 29.4. The van der Waals surface area contributed by atoms with Gasteiger partial charge in [0.25, 0.3) is 0 Å². The number of rotatable bonds is 6. The van der Waals surface area contributed by atoms with Crippen molar-refractivity contribution in [2.24, 2.45) is 0 Å². The second-order valence-corrected chi connectivity index (χ2v) is 13.7. The molecule has 5 heteroatoms. The van der Waals surface area contributed by atoms with Crippen LogP contribution >= 0.6 is 11.3 Å². The van der Waals surface area contributed by atoms with Crippen LogP contribution in [0.15, 0.2) is 182 Å². The van der Waals surface area contributed by atoms with Crippen molar-refractivity contribution < 1.29 is 0 Å². The van der Waals surface area contributed by atoms with Gasteiger partial charge in [-0.3, -0.25) is 4.57 Å². The van der Waals surface area contributed by atoms with Gasteiger partial charge in [0.15, 0.2) is 11.6 Å². The van der Waals surface area contributed by atoms with Crippen LogP contribution in [0.2, 0.25) is 0 Å². The first-order valence-corrected chi connectivity index (χ1v) is 17.9. The van der Waals surface area contributed by atoms with Crippen molar-refractivity contribution in [2.45, 2.75) is 0 Å². The highest BCUT2D eigenvalue weighted by molar-refractivity contribution is 7.24. The van der Waals surface area contributed by atoms with Gasteiger partial charge in [-0.1, -0.05) is 152 Å². The number of thiophene rings is 1. The van der Waals surface area contributed by atoms with E-state index in [9.17, 15) is 0 Å². The predicted molar refractivity (Wildman–Crippen MR) is 213 cm³/mol. The largest absolute Gasteiger partial charge is 0.309 e. The summed E-state index contributed by atoms with van der Waals surface area (Å²) in [5.41, 5.74) is 10.2. The zero-order valence-electron chi connectivity index (χ0n) is 27.5. The Morgan fingerprint density at radius 1 is 0.392 bits per heavy atom. The molecule has 0 saturated carbocycles. The molecule has 0 aliphatic heterocycles. The molecule has 0 fully saturated rings. The summed E-state index contributed by atoms with van der Waals surface area (Å²) in [6.45, 7) is 0. The predicted octanol–water partition coefficient (Wildman–Crippen LogP) is 12.2. The number of para-hydroxylation sites is 1. The van der Waals surface area contributed by atoms with Crippen LogP contribution in [0.25, 0.3) is 87.6 Å². The number of aromatic nitrogens is 4. The van der Waals surface area contributed by atoms with E-state index >= 15 is 0 Å². The van der Waals surface area contributed by atoms with Gasteiger partial charge in [0.1, 0.15) is 0 Å². The molecule has 0 radical (unpaired) electrons. The Hall–Kier alpha value is -6.56. The molecule has 10 rings (SSSR count). The summed E-state index contributed by atoms with van der Waals surface area (Å²) in [4.78, 5) is 1.29. The number of hydrogen-bond donors (Lipinski definition) is 0. The van der Waals surface area contributed by atoms with Gasteiger partial charge in [0.2, 0.25) is 0 Å². The standard InChI is InChI=1S/C46H30N4S/c1-5-16-31(17-6-1)41-38-28-29-40-42(44(38)51-43(41)32-18-7-2-8-19-32)37-26-13-14-27-39(37)49(40)35-24-15-25-36(30-35)50-45(33-20-9-3-10-21-33)47-48-46(50)34-22-11-4-12-23-34/h1-30H. The molecular weight excluding hydrogens is 641 g/mol. The average Bonchev–Trinajstić information content (AvgIpc) is 3.92. The van der Waals surface area contributed by atoms with Crippen molar-refractivity contribution in [1.29, 1.82) is 0 Å². The minimum absolute atomic E-state index is 0.802. The van der Waals surface area contributed by atoms with Crippen LogP contribution in [0.1, 0.15) is 0 Å². The van der Waals surface area contributed by atoms with Gasteiger partial charge >= 0.3 is 0 Å². The molecule has 0 aliphatic rings. The van der Waals surface area contributed by atoms with Crippen molar-refractivity contribution in [1.82, 2.24) is 19.3 Å². The smallest absolute Gasteiger partial charge is 0.168 e. The maximum Gasteiger partial charge on any atom is 0.168 e. The average molecular weight is 671 g/mol. The third kappa shape index (κ3) is 4.82. The maximum atomic E-state index is 4.73. The van der Waals surface area contributed by atoms with Crippen LogP contribution in [-0.4, -0.2) is 19.3 Å². The molecule has 0 saturated heterocycles. The topological polar surface area (TPSA) is 35.6 Å². The van der Waals surface area contributed by atoms with E-state index in [1.54, 1.807) is 0 Å². The third-order valence-corrected chi connectivity index (χ3v) is 10.9. The molecule has 0 aliphatic carbocycles. The molecule has 240 valence electrons. The first-order valence-electron chi connectivity index (χ1n) is 17.1. The second-order valence-electron chi connectivity index (χ2n) is 12.7. The summed E-state index contributed by atoms with van der Waals surface area (Å²) in [7, 11) is 0. The number of nitrogens with zero attached hydrogens (tertiary/aromatic N) is 4. The van der Waals surface area contributed by atoms with Crippen molar-refractivity contribution in [3.8, 4) is 55.7 Å². The molecule has 7 aromatic carbocycles. The lowest BCUT2D eigenvalue weighted by Crippen LogP contribution is -2.02. The Kier molecular flexibility index (Phi) is 6.96. The molecule has 3 aromatic heterocycles. The zero-order valence-corrected chi connectivity index (χ0v) is 28.3. The van der Waals surface area contributed by atoms with E-state index in [1.807, 2.05) is 47.7 Å². The molecule has 0 unspecified atom stereocenters. The fourth-order valence-electron chi connectivity index (χ4n) is 7.42. The molecule has 0 N–H and O–H groups in total. The Bertz CT molecular complexity index is 2780. The highest BCUT2D eigenvalue weighted by Crippen LogP contribution is 2.49. The Labute approximate surface area is 299 Å². The molecule has 3 heterocycles. The Morgan fingerprint density at radius 2 is 0.922 bits per heavy atom. The van der Waals surface area contributed by atoms with Gasteiger partial charge in [0.05, 0.1) is 16.7 Å². The molecule has 0 atom stereocenters. The highest BCUT2D eigenvalue weighted by Gasteiger charge is 2.22. The number of hydrogen-bond acceptors (Lipinski definition) is 3. The van der Waals surface area contributed by atoms with Crippen molar-refractivity contribution in [3.05, 3.63) is 182 Å². The molecule has 0 spiro atoms. The monoisotopic (exact) mass is 670 g/mol. The summed E-state index contributed by atoms with van der Waals surface area (Å²) in [5, 5.41) is 13.3. The van der Waals surface area contributed by atoms with Gasteiger partial charge < -0.3 is 4.57 Å². The molecular formula is C46H30N4S. The molecule has 0 bridgehead atoms. The van der Waals surface area contributed by atoms with Gasteiger partial charge in [0, 0.05) is 48.1 Å². The highest BCUT2D eigenvalue weighted by atomic mass is 32.1. The summed E-state index contributed by atoms with van der Waals surface area (Å²) >= 11 is 1.89. The summed E-state index contributed by atoms with van der Waals surface area (Å²) < 4.78 is 5.89. The van der Waals surface area contributed by atoms with E-state index in [2.05, 4.69) is 155 Å². The van der Waals surface area contributed by atoms with Crippen LogP contribution in [0, 0.1) is 0 Å². The lowest BCUT2D eigenvalue weighted by molar-refractivity contribution is 1.06. The quantitative estimate of drug-likeness (QED) is 0.176. The summed E-state index contributed by atoms with van der Waals surface area (Å²) in [5.74, 6) is 1.60. The Balaban J connectivity index is 1.23. The lowest BCUT2D eigenvalue weighted by atomic mass is 9.98. The fourth-order valence-corrected chi connectivity index (χ4v) is 8.80. The number of fused-ring (bicyclic) bond motifs is 5.